The number of fused-ring (bicyclic) bond motifs is 1. The van der Waals surface area contributed by atoms with Crippen LogP contribution in [0.2, 0.25) is 0 Å². The number of piperazine rings is 1. The van der Waals surface area contributed by atoms with E-state index in [1.165, 1.54) is 42.3 Å². The fraction of sp³-hybridized carbons (Fsp3) is 0.286. The van der Waals surface area contributed by atoms with Crippen LogP contribution in [0.1, 0.15) is 23.6 Å². The Morgan fingerprint density at radius 2 is 1.70 bits per heavy atom. The number of ether oxygens (including phenoxy) is 1. The first-order chi connectivity index (χ1) is 19.1. The van der Waals surface area contributed by atoms with E-state index in [4.69, 9.17) is 4.74 Å². The van der Waals surface area contributed by atoms with E-state index in [9.17, 15) is 27.5 Å². The minimum Gasteiger partial charge on any atom is -0.495 e. The number of benzene rings is 3. The van der Waals surface area contributed by atoms with E-state index in [-0.39, 0.29) is 34.5 Å². The fourth-order valence-electron chi connectivity index (χ4n) is 5.11. The van der Waals surface area contributed by atoms with Crippen molar-refractivity contribution in [2.45, 2.75) is 18.6 Å². The van der Waals surface area contributed by atoms with Crippen LogP contribution >= 0.6 is 0 Å². The van der Waals surface area contributed by atoms with Gasteiger partial charge >= 0.3 is 12.1 Å². The van der Waals surface area contributed by atoms with Gasteiger partial charge < -0.3 is 24.5 Å². The summed E-state index contributed by atoms with van der Waals surface area (Å²) in [5, 5.41) is 9.79. The third-order valence-corrected chi connectivity index (χ3v) is 6.99. The molecule has 7 nitrogen and oxygen atoms in total. The number of methoxy groups -OCH3 is 1. The maximum absolute atomic E-state index is 15.0. The quantitative estimate of drug-likeness (QED) is 0.396. The van der Waals surface area contributed by atoms with Crippen molar-refractivity contribution in [3.8, 4) is 5.75 Å². The van der Waals surface area contributed by atoms with Crippen LogP contribution in [-0.2, 0) is 11.0 Å². The standard InChI is InChI=1S/C28H25F5N4O3/c1-40-24-9-8-17(28(31,32)33)14-23(24)37-22(16-25(38)39)20-6-3-7-21(30)26(20)34-27(37)36-12-10-35(11-13-36)19-5-2-4-18(29)15-19/h2-9,14-15,22H,10-13,16H2,1H3,(H,38,39). The number of guanidine groups is 1. The number of aliphatic carboxylic acids is 1. The molecule has 3 aromatic rings. The molecular formula is C28H25F5N4O3. The summed E-state index contributed by atoms with van der Waals surface area (Å²) in [5.74, 6) is -2.13. The number of nitrogens with zero attached hydrogens (tertiary/aromatic N) is 4. The van der Waals surface area contributed by atoms with Gasteiger partial charge in [-0.3, -0.25) is 4.79 Å². The Kier molecular flexibility index (Phi) is 7.26. The van der Waals surface area contributed by atoms with Gasteiger partial charge in [0.05, 0.1) is 30.8 Å². The smallest absolute Gasteiger partial charge is 0.416 e. The Hall–Kier alpha value is -4.35. The highest BCUT2D eigenvalue weighted by molar-refractivity contribution is 6.02. The van der Waals surface area contributed by atoms with Crippen LogP contribution in [0.4, 0.5) is 39.0 Å². The molecule has 0 aromatic heterocycles. The molecule has 1 N–H and O–H groups in total. The predicted molar refractivity (Wildman–Crippen MR) is 139 cm³/mol. The van der Waals surface area contributed by atoms with Gasteiger partial charge in [0.2, 0.25) is 5.96 Å². The van der Waals surface area contributed by atoms with E-state index in [1.54, 1.807) is 17.0 Å². The molecule has 2 heterocycles. The summed E-state index contributed by atoms with van der Waals surface area (Å²) in [6.07, 6.45) is -5.23. The fourth-order valence-corrected chi connectivity index (χ4v) is 5.11. The zero-order chi connectivity index (χ0) is 28.6. The predicted octanol–water partition coefficient (Wildman–Crippen LogP) is 5.84. The van der Waals surface area contributed by atoms with E-state index in [2.05, 4.69) is 4.99 Å². The molecular weight excluding hydrogens is 535 g/mol. The van der Waals surface area contributed by atoms with Crippen LogP contribution < -0.4 is 14.5 Å². The van der Waals surface area contributed by atoms with Crippen molar-refractivity contribution >= 4 is 29.0 Å². The maximum atomic E-state index is 15.0. The van der Waals surface area contributed by atoms with Crippen LogP contribution in [0.25, 0.3) is 0 Å². The van der Waals surface area contributed by atoms with Gasteiger partial charge in [-0.25, -0.2) is 13.8 Å². The first-order valence-corrected chi connectivity index (χ1v) is 12.5. The monoisotopic (exact) mass is 560 g/mol. The average molecular weight is 561 g/mol. The van der Waals surface area contributed by atoms with Gasteiger partial charge in [0, 0.05) is 37.4 Å². The number of hydrogen-bond acceptors (Lipinski definition) is 6. The maximum Gasteiger partial charge on any atom is 0.416 e. The summed E-state index contributed by atoms with van der Waals surface area (Å²) in [4.78, 5) is 21.7. The zero-order valence-corrected chi connectivity index (χ0v) is 21.3. The first kappa shape index (κ1) is 27.2. The second-order valence-electron chi connectivity index (χ2n) is 9.41. The molecule has 2 aliphatic heterocycles. The van der Waals surface area contributed by atoms with Gasteiger partial charge in [0.25, 0.3) is 0 Å². The Bertz CT molecular complexity index is 1450. The third kappa shape index (κ3) is 5.25. The van der Waals surface area contributed by atoms with Crippen LogP contribution in [0.3, 0.4) is 0 Å². The summed E-state index contributed by atoms with van der Waals surface area (Å²) < 4.78 is 75.6. The van der Waals surface area contributed by atoms with Gasteiger partial charge in [-0.1, -0.05) is 18.2 Å². The Labute approximate surface area is 226 Å². The summed E-state index contributed by atoms with van der Waals surface area (Å²) in [6, 6.07) is 12.1. The van der Waals surface area contributed by atoms with E-state index in [0.29, 0.717) is 31.9 Å². The molecule has 40 heavy (non-hydrogen) atoms. The summed E-state index contributed by atoms with van der Waals surface area (Å²) in [6.45, 7) is 1.42. The lowest BCUT2D eigenvalue weighted by Gasteiger charge is -2.45. The van der Waals surface area contributed by atoms with Crippen molar-refractivity contribution in [1.82, 2.24) is 4.90 Å². The lowest BCUT2D eigenvalue weighted by Crippen LogP contribution is -2.55. The van der Waals surface area contributed by atoms with Gasteiger partial charge in [-0.15, -0.1) is 0 Å². The Balaban J connectivity index is 1.62. The normalized spacial score (nSPS) is 17.4. The van der Waals surface area contributed by atoms with E-state index >= 15 is 4.39 Å². The molecule has 1 fully saturated rings. The van der Waals surface area contributed by atoms with Crippen molar-refractivity contribution in [3.63, 3.8) is 0 Å². The molecule has 0 bridgehead atoms. The van der Waals surface area contributed by atoms with Gasteiger partial charge in [-0.05, 0) is 42.5 Å². The molecule has 3 aromatic carbocycles. The number of para-hydroxylation sites is 1. The highest BCUT2D eigenvalue weighted by Crippen LogP contribution is 2.46. The van der Waals surface area contributed by atoms with Gasteiger partial charge in [0.1, 0.15) is 23.1 Å². The average Bonchev–Trinajstić information content (AvgIpc) is 2.92. The van der Waals surface area contributed by atoms with E-state index in [0.717, 1.165) is 18.2 Å². The summed E-state index contributed by atoms with van der Waals surface area (Å²) in [7, 11) is 1.30. The lowest BCUT2D eigenvalue weighted by atomic mass is 9.96. The molecule has 1 unspecified atom stereocenters. The topological polar surface area (TPSA) is 68.6 Å². The third-order valence-electron chi connectivity index (χ3n) is 6.99. The number of halogens is 5. The van der Waals surface area contributed by atoms with Crippen LogP contribution in [0.5, 0.6) is 5.75 Å². The summed E-state index contributed by atoms with van der Waals surface area (Å²) >= 11 is 0. The van der Waals surface area contributed by atoms with Crippen LogP contribution in [0.15, 0.2) is 65.7 Å². The minimum atomic E-state index is -4.68. The molecule has 0 amide bonds. The second kappa shape index (κ2) is 10.7. The molecule has 0 spiro atoms. The number of aliphatic imine (C=N–C) groups is 1. The SMILES string of the molecule is COc1ccc(C(F)(F)F)cc1N1C(N2CCN(c3cccc(F)c3)CC2)=Nc2c(F)cccc2C1CC(=O)O. The van der Waals surface area contributed by atoms with E-state index < -0.39 is 36.0 Å². The molecule has 12 heteroatoms. The molecule has 0 radical (unpaired) electrons. The molecule has 0 aliphatic carbocycles. The number of hydrogen-bond donors (Lipinski definition) is 1. The molecule has 210 valence electrons. The first-order valence-electron chi connectivity index (χ1n) is 12.5. The van der Waals surface area contributed by atoms with Crippen molar-refractivity contribution in [3.05, 3.63) is 83.4 Å². The van der Waals surface area contributed by atoms with Gasteiger partial charge in [-0.2, -0.15) is 13.2 Å². The van der Waals surface area contributed by atoms with Crippen molar-refractivity contribution < 1.29 is 36.6 Å². The molecule has 5 rings (SSSR count). The highest BCUT2D eigenvalue weighted by atomic mass is 19.4. The Morgan fingerprint density at radius 3 is 2.35 bits per heavy atom. The highest BCUT2D eigenvalue weighted by Gasteiger charge is 2.40. The van der Waals surface area contributed by atoms with E-state index in [1.807, 2.05) is 4.90 Å². The lowest BCUT2D eigenvalue weighted by molar-refractivity contribution is -0.138. The molecule has 1 atom stereocenters. The summed E-state index contributed by atoms with van der Waals surface area (Å²) in [5.41, 5.74) is -0.188. The van der Waals surface area contributed by atoms with Crippen LogP contribution in [0, 0.1) is 11.6 Å². The molecule has 2 aliphatic rings. The number of carboxylic acids is 1. The number of anilines is 2. The zero-order valence-electron chi connectivity index (χ0n) is 21.3. The number of rotatable bonds is 5. The van der Waals surface area contributed by atoms with Crippen LogP contribution in [-0.4, -0.2) is 55.2 Å². The number of carbonyl (C=O) groups is 1. The largest absolute Gasteiger partial charge is 0.495 e. The van der Waals surface area contributed by atoms with Crippen molar-refractivity contribution in [1.29, 1.82) is 0 Å². The second-order valence-corrected chi connectivity index (χ2v) is 9.41. The van der Waals surface area contributed by atoms with Crippen molar-refractivity contribution in [2.24, 2.45) is 4.99 Å². The minimum absolute atomic E-state index is 0.0511. The number of alkyl halides is 3. The van der Waals surface area contributed by atoms with Gasteiger partial charge in [0.15, 0.2) is 0 Å². The Morgan fingerprint density at radius 1 is 1.00 bits per heavy atom. The number of carboxylic acid groups (broad SMARTS) is 1. The molecule has 1 saturated heterocycles. The molecule has 0 saturated carbocycles. The van der Waals surface area contributed by atoms with Crippen molar-refractivity contribution in [2.75, 3.05) is 43.1 Å².